The molecule has 54 heavy (non-hydrogen) atoms. The van der Waals surface area contributed by atoms with E-state index in [1.54, 1.807) is 0 Å². The van der Waals surface area contributed by atoms with E-state index >= 15 is 0 Å². The molecule has 6 heteroatoms. The summed E-state index contributed by atoms with van der Waals surface area (Å²) in [6.45, 7) is 4.07. The molecule has 4 atom stereocenters. The van der Waals surface area contributed by atoms with Crippen LogP contribution in [0.5, 0.6) is 0 Å². The summed E-state index contributed by atoms with van der Waals surface area (Å²) < 4.78 is 0. The molecule has 0 saturated heterocycles. The predicted molar refractivity (Wildman–Crippen MR) is 233 cm³/mol. The van der Waals surface area contributed by atoms with Crippen LogP contribution in [0.25, 0.3) is 0 Å². The van der Waals surface area contributed by atoms with Crippen LogP contribution in [0, 0.1) is 0 Å². The lowest BCUT2D eigenvalue weighted by Crippen LogP contribution is -2.53. The van der Waals surface area contributed by atoms with Crippen LogP contribution in [-0.2, 0) is 4.79 Å². The van der Waals surface area contributed by atoms with Gasteiger partial charge in [-0.2, -0.15) is 0 Å². The number of hydrogen-bond donors (Lipinski definition) is 5. The second-order valence-corrected chi connectivity index (χ2v) is 16.8. The molecule has 0 aliphatic carbocycles. The lowest BCUT2D eigenvalue weighted by atomic mass is 9.99. The average Bonchev–Trinajstić information content (AvgIpc) is 3.18. The molecule has 0 aromatic heterocycles. The van der Waals surface area contributed by atoms with Gasteiger partial charge in [0, 0.05) is 0 Å². The number of carbonyl (C=O) groups excluding carboxylic acids is 1. The highest BCUT2D eigenvalue weighted by Crippen LogP contribution is 2.17. The van der Waals surface area contributed by atoms with Crippen molar-refractivity contribution in [3.05, 3.63) is 12.2 Å². The van der Waals surface area contributed by atoms with Gasteiger partial charge >= 0.3 is 0 Å². The molecule has 322 valence electrons. The van der Waals surface area contributed by atoms with Gasteiger partial charge in [-0.3, -0.25) is 4.79 Å². The van der Waals surface area contributed by atoms with Crippen LogP contribution in [0.3, 0.4) is 0 Å². The Labute approximate surface area is 336 Å². The van der Waals surface area contributed by atoms with Crippen LogP contribution < -0.4 is 5.32 Å². The molecule has 0 aromatic carbocycles. The zero-order valence-electron chi connectivity index (χ0n) is 36.2. The quantitative estimate of drug-likeness (QED) is 0.0313. The zero-order valence-corrected chi connectivity index (χ0v) is 36.2. The zero-order chi connectivity index (χ0) is 39.6. The molecule has 1 amide bonds. The van der Waals surface area contributed by atoms with Crippen molar-refractivity contribution in [2.24, 2.45) is 0 Å². The third-order valence-electron chi connectivity index (χ3n) is 11.5. The molecule has 0 spiro atoms. The van der Waals surface area contributed by atoms with Crippen LogP contribution in [0.4, 0.5) is 0 Å². The number of allylic oxidation sites excluding steroid dienone is 2. The molecule has 6 nitrogen and oxygen atoms in total. The number of nitrogens with one attached hydrogen (secondary N) is 1. The van der Waals surface area contributed by atoms with Crippen molar-refractivity contribution in [1.82, 2.24) is 5.32 Å². The van der Waals surface area contributed by atoms with Crippen molar-refractivity contribution in [2.75, 3.05) is 6.61 Å². The molecule has 4 unspecified atom stereocenters. The van der Waals surface area contributed by atoms with Crippen molar-refractivity contribution < 1.29 is 25.2 Å². The Morgan fingerprint density at radius 3 is 1.07 bits per heavy atom. The number of unbranched alkanes of at least 4 members (excludes halogenated alkanes) is 33. The molecule has 0 saturated carbocycles. The summed E-state index contributed by atoms with van der Waals surface area (Å²) in [6.07, 6.45) is 48.2. The van der Waals surface area contributed by atoms with Gasteiger partial charge in [-0.05, 0) is 38.5 Å². The molecule has 0 radical (unpaired) electrons. The van der Waals surface area contributed by atoms with Gasteiger partial charge < -0.3 is 25.7 Å². The largest absolute Gasteiger partial charge is 0.394 e. The number of aliphatic hydroxyl groups is 4. The van der Waals surface area contributed by atoms with Gasteiger partial charge in [-0.1, -0.05) is 231 Å². The van der Waals surface area contributed by atoms with Gasteiger partial charge in [0.1, 0.15) is 12.2 Å². The van der Waals surface area contributed by atoms with Gasteiger partial charge in [-0.15, -0.1) is 0 Å². The third-order valence-corrected chi connectivity index (χ3v) is 11.5. The predicted octanol–water partition coefficient (Wildman–Crippen LogP) is 13.0. The average molecular weight is 766 g/mol. The first-order valence-electron chi connectivity index (χ1n) is 24.1. The Bertz CT molecular complexity index is 776. The molecule has 0 aliphatic rings. The smallest absolute Gasteiger partial charge is 0.249 e. The topological polar surface area (TPSA) is 110 Å². The van der Waals surface area contributed by atoms with E-state index in [2.05, 4.69) is 31.3 Å². The van der Waals surface area contributed by atoms with Crippen molar-refractivity contribution in [3.63, 3.8) is 0 Å². The summed E-state index contributed by atoms with van der Waals surface area (Å²) in [5.74, 6) is -0.585. The minimum Gasteiger partial charge on any atom is -0.394 e. The number of aliphatic hydroxyl groups excluding tert-OH is 4. The lowest BCUT2D eigenvalue weighted by Gasteiger charge is -2.27. The number of amides is 1. The second-order valence-electron chi connectivity index (χ2n) is 16.8. The van der Waals surface area contributed by atoms with Crippen molar-refractivity contribution in [1.29, 1.82) is 0 Å². The third kappa shape index (κ3) is 36.7. The molecule has 0 aromatic rings. The van der Waals surface area contributed by atoms with Crippen LogP contribution in [0.15, 0.2) is 12.2 Å². The van der Waals surface area contributed by atoms with Gasteiger partial charge in [-0.25, -0.2) is 0 Å². The Hall–Kier alpha value is -0.950. The number of carbonyl (C=O) groups is 1. The fourth-order valence-electron chi connectivity index (χ4n) is 7.64. The summed E-state index contributed by atoms with van der Waals surface area (Å²) in [6, 6.07) is -0.985. The summed E-state index contributed by atoms with van der Waals surface area (Å²) in [5.41, 5.74) is 0. The fraction of sp³-hybridized carbons (Fsp3) is 0.938. The van der Waals surface area contributed by atoms with E-state index in [-0.39, 0.29) is 0 Å². The van der Waals surface area contributed by atoms with E-state index in [1.165, 1.54) is 186 Å². The maximum absolute atomic E-state index is 12.5. The van der Waals surface area contributed by atoms with Crippen molar-refractivity contribution >= 4 is 5.91 Å². The first kappa shape index (κ1) is 53.0. The SMILES string of the molecule is CCCCCCCCCCCC/C=C\CCCCCCCCC(O)C(=O)NC(CO)C(O)C(O)CCCCCCCCCCCCCCCCCCCC. The highest BCUT2D eigenvalue weighted by Gasteiger charge is 2.28. The normalized spacial score (nSPS) is 14.1. The standard InChI is InChI=1S/C48H95NO5/c1-3-5-7-9-11-13-15-17-19-21-23-24-26-28-30-32-34-36-38-40-42-46(52)48(54)49-44(43-50)47(53)45(51)41-39-37-35-33-31-29-27-25-22-20-18-16-14-12-10-8-6-4-2/h24,26,44-47,50-53H,3-23,25,27-43H2,1-2H3,(H,49,54)/b26-24-. The number of rotatable bonds is 44. The summed E-state index contributed by atoms with van der Waals surface area (Å²) in [7, 11) is 0. The fourth-order valence-corrected chi connectivity index (χ4v) is 7.64. The first-order chi connectivity index (χ1) is 26.5. The van der Waals surface area contributed by atoms with E-state index in [9.17, 15) is 25.2 Å². The molecular formula is C48H95NO5. The molecule has 0 heterocycles. The summed E-state index contributed by atoms with van der Waals surface area (Å²) >= 11 is 0. The van der Waals surface area contributed by atoms with E-state index < -0.39 is 36.9 Å². The van der Waals surface area contributed by atoms with Crippen molar-refractivity contribution in [3.8, 4) is 0 Å². The van der Waals surface area contributed by atoms with Gasteiger partial charge in [0.15, 0.2) is 0 Å². The van der Waals surface area contributed by atoms with Crippen LogP contribution >= 0.6 is 0 Å². The molecule has 0 fully saturated rings. The van der Waals surface area contributed by atoms with Crippen LogP contribution in [-0.4, -0.2) is 57.3 Å². The summed E-state index contributed by atoms with van der Waals surface area (Å²) in [5, 5.41) is 43.8. The van der Waals surface area contributed by atoms with E-state index in [4.69, 9.17) is 0 Å². The molecular weight excluding hydrogens is 671 g/mol. The van der Waals surface area contributed by atoms with Gasteiger partial charge in [0.2, 0.25) is 5.91 Å². The maximum Gasteiger partial charge on any atom is 0.249 e. The summed E-state index contributed by atoms with van der Waals surface area (Å²) in [4.78, 5) is 12.5. The Kier molecular flexibility index (Phi) is 42.4. The monoisotopic (exact) mass is 766 g/mol. The van der Waals surface area contributed by atoms with Crippen LogP contribution in [0.2, 0.25) is 0 Å². The molecule has 0 rings (SSSR count). The van der Waals surface area contributed by atoms with Crippen molar-refractivity contribution in [2.45, 2.75) is 282 Å². The lowest BCUT2D eigenvalue weighted by molar-refractivity contribution is -0.132. The first-order valence-corrected chi connectivity index (χ1v) is 24.1. The minimum atomic E-state index is -1.26. The van der Waals surface area contributed by atoms with Gasteiger partial charge in [0.05, 0.1) is 18.8 Å². The minimum absolute atomic E-state index is 0.365. The van der Waals surface area contributed by atoms with Crippen LogP contribution in [0.1, 0.15) is 258 Å². The second kappa shape index (κ2) is 43.2. The van der Waals surface area contributed by atoms with E-state index in [0.29, 0.717) is 12.8 Å². The maximum atomic E-state index is 12.5. The Morgan fingerprint density at radius 1 is 0.444 bits per heavy atom. The number of hydrogen-bond acceptors (Lipinski definition) is 5. The Balaban J connectivity index is 3.69. The highest BCUT2D eigenvalue weighted by molar-refractivity contribution is 5.80. The Morgan fingerprint density at radius 2 is 0.741 bits per heavy atom. The molecule has 0 bridgehead atoms. The van der Waals surface area contributed by atoms with E-state index in [1.807, 2.05) is 0 Å². The molecule has 5 N–H and O–H groups in total. The van der Waals surface area contributed by atoms with Gasteiger partial charge in [0.25, 0.3) is 0 Å². The van der Waals surface area contributed by atoms with E-state index in [0.717, 1.165) is 44.9 Å². The highest BCUT2D eigenvalue weighted by atomic mass is 16.3. The molecule has 0 aliphatic heterocycles.